The first kappa shape index (κ1) is 17.9. The summed E-state index contributed by atoms with van der Waals surface area (Å²) in [7, 11) is 0. The SMILES string of the molecule is CCCC[C@H](CC(=O)C(C)C)NC(=O)OC(C)(C)C. The normalized spacial score (nSPS) is 13.2. The highest BCUT2D eigenvalue weighted by atomic mass is 16.6. The van der Waals surface area contributed by atoms with Crippen LogP contribution < -0.4 is 5.32 Å². The van der Waals surface area contributed by atoms with Crippen molar-refractivity contribution in [1.29, 1.82) is 0 Å². The van der Waals surface area contributed by atoms with Gasteiger partial charge in [-0.2, -0.15) is 0 Å². The average molecular weight is 271 g/mol. The lowest BCUT2D eigenvalue weighted by Gasteiger charge is -2.23. The van der Waals surface area contributed by atoms with Gasteiger partial charge in [0, 0.05) is 18.4 Å². The minimum Gasteiger partial charge on any atom is -0.444 e. The molecule has 0 heterocycles. The maximum absolute atomic E-state index is 11.8. The molecule has 1 atom stereocenters. The van der Waals surface area contributed by atoms with Gasteiger partial charge < -0.3 is 10.1 Å². The molecule has 0 rings (SSSR count). The first-order valence-electron chi connectivity index (χ1n) is 7.18. The Labute approximate surface area is 117 Å². The molecule has 0 aromatic heterocycles. The molecule has 0 radical (unpaired) electrons. The van der Waals surface area contributed by atoms with E-state index in [9.17, 15) is 9.59 Å². The molecule has 19 heavy (non-hydrogen) atoms. The molecule has 0 spiro atoms. The number of alkyl carbamates (subject to hydrolysis) is 1. The Bertz CT molecular complexity index is 292. The predicted octanol–water partition coefficient (Wildman–Crippen LogP) is 3.69. The molecule has 0 aromatic carbocycles. The van der Waals surface area contributed by atoms with Crippen LogP contribution in [-0.4, -0.2) is 23.5 Å². The van der Waals surface area contributed by atoms with Crippen molar-refractivity contribution in [3.8, 4) is 0 Å². The zero-order valence-electron chi connectivity index (χ0n) is 13.2. The van der Waals surface area contributed by atoms with Gasteiger partial charge in [0.05, 0.1) is 0 Å². The van der Waals surface area contributed by atoms with E-state index < -0.39 is 11.7 Å². The number of carbonyl (C=O) groups excluding carboxylic acids is 2. The van der Waals surface area contributed by atoms with Gasteiger partial charge in [0.25, 0.3) is 0 Å². The van der Waals surface area contributed by atoms with Crippen molar-refractivity contribution >= 4 is 11.9 Å². The number of amides is 1. The van der Waals surface area contributed by atoms with Crippen LogP contribution in [0.5, 0.6) is 0 Å². The van der Waals surface area contributed by atoms with E-state index in [4.69, 9.17) is 4.74 Å². The predicted molar refractivity (Wildman–Crippen MR) is 77.1 cm³/mol. The summed E-state index contributed by atoms with van der Waals surface area (Å²) >= 11 is 0. The summed E-state index contributed by atoms with van der Waals surface area (Å²) in [6, 6.07) is -0.121. The van der Waals surface area contributed by atoms with Crippen LogP contribution in [-0.2, 0) is 9.53 Å². The number of rotatable bonds is 7. The minimum atomic E-state index is -0.512. The fourth-order valence-corrected chi connectivity index (χ4v) is 1.63. The highest BCUT2D eigenvalue weighted by molar-refractivity contribution is 5.81. The van der Waals surface area contributed by atoms with Crippen molar-refractivity contribution in [1.82, 2.24) is 5.32 Å². The summed E-state index contributed by atoms with van der Waals surface area (Å²) in [6.45, 7) is 11.3. The zero-order chi connectivity index (χ0) is 15.1. The smallest absolute Gasteiger partial charge is 0.407 e. The van der Waals surface area contributed by atoms with Crippen molar-refractivity contribution in [2.45, 2.75) is 78.9 Å². The van der Waals surface area contributed by atoms with Gasteiger partial charge in [-0.1, -0.05) is 33.6 Å². The minimum absolute atomic E-state index is 0.00423. The Kier molecular flexibility index (Phi) is 7.72. The Morgan fingerprint density at radius 2 is 1.79 bits per heavy atom. The van der Waals surface area contributed by atoms with E-state index in [1.165, 1.54) is 0 Å². The maximum Gasteiger partial charge on any atom is 0.407 e. The molecule has 4 heteroatoms. The van der Waals surface area contributed by atoms with Crippen molar-refractivity contribution in [2.24, 2.45) is 5.92 Å². The topological polar surface area (TPSA) is 55.4 Å². The standard InChI is InChI=1S/C15H29NO3/c1-7-8-9-12(10-13(17)11(2)3)16-14(18)19-15(4,5)6/h11-12H,7-10H2,1-6H3,(H,16,18)/t12-/m1/s1. The monoisotopic (exact) mass is 271 g/mol. The third kappa shape index (κ3) is 9.51. The number of hydrogen-bond acceptors (Lipinski definition) is 3. The van der Waals surface area contributed by atoms with E-state index in [2.05, 4.69) is 12.2 Å². The highest BCUT2D eigenvalue weighted by Gasteiger charge is 2.21. The second kappa shape index (κ2) is 8.18. The van der Waals surface area contributed by atoms with Crippen LogP contribution in [0.4, 0.5) is 4.79 Å². The van der Waals surface area contributed by atoms with E-state index in [1.54, 1.807) is 0 Å². The van der Waals surface area contributed by atoms with Gasteiger partial charge in [-0.05, 0) is 27.2 Å². The van der Waals surface area contributed by atoms with Crippen LogP contribution in [0.3, 0.4) is 0 Å². The highest BCUT2D eigenvalue weighted by Crippen LogP contribution is 2.11. The summed E-state index contributed by atoms with van der Waals surface area (Å²) in [5.74, 6) is 0.182. The molecule has 0 unspecified atom stereocenters. The van der Waals surface area contributed by atoms with Crippen molar-refractivity contribution in [3.63, 3.8) is 0 Å². The molecule has 112 valence electrons. The number of ether oxygens (including phenoxy) is 1. The van der Waals surface area contributed by atoms with Crippen LogP contribution in [0.25, 0.3) is 0 Å². The Balaban J connectivity index is 4.42. The molecule has 0 aliphatic heterocycles. The van der Waals surface area contributed by atoms with Crippen LogP contribution in [0.1, 0.15) is 67.2 Å². The van der Waals surface area contributed by atoms with Crippen molar-refractivity contribution < 1.29 is 14.3 Å². The fourth-order valence-electron chi connectivity index (χ4n) is 1.63. The van der Waals surface area contributed by atoms with Gasteiger partial charge in [-0.25, -0.2) is 4.79 Å². The number of hydrogen-bond donors (Lipinski definition) is 1. The van der Waals surface area contributed by atoms with Crippen LogP contribution in [0, 0.1) is 5.92 Å². The van der Waals surface area contributed by atoms with Crippen LogP contribution in [0.15, 0.2) is 0 Å². The Morgan fingerprint density at radius 1 is 1.21 bits per heavy atom. The van der Waals surface area contributed by atoms with E-state index in [0.717, 1.165) is 19.3 Å². The molecule has 0 aliphatic carbocycles. The lowest BCUT2D eigenvalue weighted by Crippen LogP contribution is -2.40. The fraction of sp³-hybridized carbons (Fsp3) is 0.867. The Hall–Kier alpha value is -1.06. The first-order valence-corrected chi connectivity index (χ1v) is 7.18. The number of unbranched alkanes of at least 4 members (excludes halogenated alkanes) is 1. The molecular weight excluding hydrogens is 242 g/mol. The van der Waals surface area contributed by atoms with E-state index in [0.29, 0.717) is 6.42 Å². The molecule has 0 fully saturated rings. The van der Waals surface area contributed by atoms with E-state index in [-0.39, 0.29) is 17.7 Å². The quantitative estimate of drug-likeness (QED) is 0.768. The second-order valence-corrected chi connectivity index (χ2v) is 6.31. The molecule has 4 nitrogen and oxygen atoms in total. The lowest BCUT2D eigenvalue weighted by atomic mass is 9.98. The lowest BCUT2D eigenvalue weighted by molar-refractivity contribution is -0.122. The van der Waals surface area contributed by atoms with E-state index >= 15 is 0 Å². The zero-order valence-corrected chi connectivity index (χ0v) is 13.2. The van der Waals surface area contributed by atoms with Gasteiger partial charge in [0.2, 0.25) is 0 Å². The molecule has 1 N–H and O–H groups in total. The second-order valence-electron chi connectivity index (χ2n) is 6.31. The number of Topliss-reactive ketones (excluding diaryl/α,β-unsaturated/α-hetero) is 1. The molecule has 0 bridgehead atoms. The van der Waals surface area contributed by atoms with Gasteiger partial charge in [0.1, 0.15) is 11.4 Å². The molecule has 0 saturated carbocycles. The number of carbonyl (C=O) groups is 2. The van der Waals surface area contributed by atoms with Gasteiger partial charge >= 0.3 is 6.09 Å². The summed E-state index contributed by atoms with van der Waals surface area (Å²) in [5, 5.41) is 2.81. The maximum atomic E-state index is 11.8. The van der Waals surface area contributed by atoms with Gasteiger partial charge in [-0.3, -0.25) is 4.79 Å². The van der Waals surface area contributed by atoms with Crippen molar-refractivity contribution in [2.75, 3.05) is 0 Å². The van der Waals surface area contributed by atoms with E-state index in [1.807, 2.05) is 34.6 Å². The van der Waals surface area contributed by atoms with Crippen LogP contribution >= 0.6 is 0 Å². The average Bonchev–Trinajstić information content (AvgIpc) is 2.22. The molecule has 0 aliphatic rings. The number of nitrogens with one attached hydrogen (secondary N) is 1. The van der Waals surface area contributed by atoms with Crippen LogP contribution in [0.2, 0.25) is 0 Å². The van der Waals surface area contributed by atoms with Crippen molar-refractivity contribution in [3.05, 3.63) is 0 Å². The summed E-state index contributed by atoms with van der Waals surface area (Å²) in [6.07, 6.45) is 2.80. The first-order chi connectivity index (χ1) is 8.65. The third-order valence-corrected chi connectivity index (χ3v) is 2.72. The molecule has 0 saturated heterocycles. The molecule has 1 amide bonds. The Morgan fingerprint density at radius 3 is 2.21 bits per heavy atom. The summed E-state index contributed by atoms with van der Waals surface area (Å²) in [5.41, 5.74) is -0.512. The van der Waals surface area contributed by atoms with Gasteiger partial charge in [-0.15, -0.1) is 0 Å². The number of ketones is 1. The van der Waals surface area contributed by atoms with Gasteiger partial charge in [0.15, 0.2) is 0 Å². The molecular formula is C15H29NO3. The summed E-state index contributed by atoms with van der Waals surface area (Å²) in [4.78, 5) is 23.5. The third-order valence-electron chi connectivity index (χ3n) is 2.72. The molecule has 0 aromatic rings. The summed E-state index contributed by atoms with van der Waals surface area (Å²) < 4.78 is 5.23. The largest absolute Gasteiger partial charge is 0.444 e.